The summed E-state index contributed by atoms with van der Waals surface area (Å²) in [6.45, 7) is 1.89. The normalized spacial score (nSPS) is 14.8. The Morgan fingerprint density at radius 3 is 2.58 bits per heavy atom. The molecule has 2 aromatic rings. The highest BCUT2D eigenvalue weighted by atomic mass is 32.1. The lowest BCUT2D eigenvalue weighted by atomic mass is 10.1. The summed E-state index contributed by atoms with van der Waals surface area (Å²) in [6.07, 6.45) is 0.370. The van der Waals surface area contributed by atoms with Crippen molar-refractivity contribution in [2.45, 2.75) is 13.0 Å². The molecular weight excluding hydrogens is 324 g/mol. The van der Waals surface area contributed by atoms with E-state index in [1.165, 1.54) is 0 Å². The number of rotatable bonds is 5. The van der Waals surface area contributed by atoms with E-state index in [2.05, 4.69) is 0 Å². The molecule has 0 radical (unpaired) electrons. The van der Waals surface area contributed by atoms with E-state index in [0.29, 0.717) is 26.1 Å². The molecule has 24 heavy (non-hydrogen) atoms. The van der Waals surface area contributed by atoms with Crippen LogP contribution < -0.4 is 4.74 Å². The molecule has 2 amide bonds. The third-order valence-corrected chi connectivity index (χ3v) is 4.87. The van der Waals surface area contributed by atoms with Crippen LogP contribution in [-0.4, -0.2) is 48.4 Å². The van der Waals surface area contributed by atoms with Crippen molar-refractivity contribution in [3.8, 4) is 5.75 Å². The highest BCUT2D eigenvalue weighted by molar-refractivity contribution is 7.08. The van der Waals surface area contributed by atoms with Crippen molar-refractivity contribution in [1.82, 2.24) is 9.80 Å². The molecule has 1 aromatic carbocycles. The molecule has 126 valence electrons. The number of carbonyl (C=O) groups excluding carboxylic acids is 2. The van der Waals surface area contributed by atoms with Crippen molar-refractivity contribution in [3.05, 3.63) is 52.2 Å². The largest absolute Gasteiger partial charge is 0.497 e. The van der Waals surface area contributed by atoms with Gasteiger partial charge in [0.2, 0.25) is 11.8 Å². The van der Waals surface area contributed by atoms with Gasteiger partial charge in [0.05, 0.1) is 20.1 Å². The van der Waals surface area contributed by atoms with E-state index < -0.39 is 0 Å². The third kappa shape index (κ3) is 3.94. The second-order valence-corrected chi connectivity index (χ2v) is 6.57. The first-order valence-electron chi connectivity index (χ1n) is 7.85. The second-order valence-electron chi connectivity index (χ2n) is 5.79. The van der Waals surface area contributed by atoms with Crippen molar-refractivity contribution < 1.29 is 14.3 Å². The summed E-state index contributed by atoms with van der Waals surface area (Å²) >= 11 is 1.58. The molecular formula is C18H20N2O3S. The summed E-state index contributed by atoms with van der Waals surface area (Å²) in [5, 5.41) is 3.93. The fourth-order valence-corrected chi connectivity index (χ4v) is 3.39. The van der Waals surface area contributed by atoms with Crippen LogP contribution >= 0.6 is 11.3 Å². The fraction of sp³-hybridized carbons (Fsp3) is 0.333. The number of hydrogen-bond acceptors (Lipinski definition) is 4. The van der Waals surface area contributed by atoms with Crippen molar-refractivity contribution in [2.75, 3.05) is 26.7 Å². The van der Waals surface area contributed by atoms with E-state index in [1.807, 2.05) is 41.1 Å². The standard InChI is InChI=1S/C18H20N2O3S/c1-23-16-4-2-14(3-5-16)11-19-7-8-20(12-18(19)22)17(21)10-15-6-9-24-13-15/h2-6,9,13H,7-8,10-12H2,1H3. The molecule has 1 saturated heterocycles. The number of methoxy groups -OCH3 is 1. The van der Waals surface area contributed by atoms with Gasteiger partial charge in [-0.15, -0.1) is 0 Å². The maximum atomic E-state index is 12.3. The zero-order valence-electron chi connectivity index (χ0n) is 13.6. The smallest absolute Gasteiger partial charge is 0.242 e. The molecule has 0 bridgehead atoms. The second kappa shape index (κ2) is 7.49. The summed E-state index contributed by atoms with van der Waals surface area (Å²) in [6, 6.07) is 9.64. The number of piperazine rings is 1. The van der Waals surface area contributed by atoms with Crippen molar-refractivity contribution in [3.63, 3.8) is 0 Å². The molecule has 1 aromatic heterocycles. The van der Waals surface area contributed by atoms with Gasteiger partial charge >= 0.3 is 0 Å². The van der Waals surface area contributed by atoms with Crippen LogP contribution in [0.1, 0.15) is 11.1 Å². The quantitative estimate of drug-likeness (QED) is 0.835. The summed E-state index contributed by atoms with van der Waals surface area (Å²) in [4.78, 5) is 28.1. The predicted octanol–water partition coefficient (Wildman–Crippen LogP) is 2.17. The Labute approximate surface area is 145 Å². The number of amides is 2. The van der Waals surface area contributed by atoms with Gasteiger partial charge in [0.15, 0.2) is 0 Å². The van der Waals surface area contributed by atoms with Gasteiger partial charge in [0, 0.05) is 19.6 Å². The van der Waals surface area contributed by atoms with Crippen LogP contribution in [0.25, 0.3) is 0 Å². The van der Waals surface area contributed by atoms with Crippen molar-refractivity contribution in [1.29, 1.82) is 0 Å². The summed E-state index contributed by atoms with van der Waals surface area (Å²) in [7, 11) is 1.63. The Balaban J connectivity index is 1.54. The maximum Gasteiger partial charge on any atom is 0.242 e. The topological polar surface area (TPSA) is 49.9 Å². The third-order valence-electron chi connectivity index (χ3n) is 4.14. The first-order chi connectivity index (χ1) is 11.7. The van der Waals surface area contributed by atoms with E-state index >= 15 is 0 Å². The molecule has 0 atom stereocenters. The molecule has 0 aliphatic carbocycles. The van der Waals surface area contributed by atoms with Crippen LogP contribution in [0, 0.1) is 0 Å². The first-order valence-corrected chi connectivity index (χ1v) is 8.79. The number of benzene rings is 1. The number of ether oxygens (including phenoxy) is 1. The lowest BCUT2D eigenvalue weighted by molar-refractivity contribution is -0.145. The SMILES string of the molecule is COc1ccc(CN2CCN(C(=O)Cc3ccsc3)CC2=O)cc1. The molecule has 0 unspecified atom stereocenters. The molecule has 1 fully saturated rings. The Kier molecular flexibility index (Phi) is 5.15. The van der Waals surface area contributed by atoms with E-state index in [-0.39, 0.29) is 18.4 Å². The highest BCUT2D eigenvalue weighted by Gasteiger charge is 2.27. The maximum absolute atomic E-state index is 12.3. The first kappa shape index (κ1) is 16.5. The van der Waals surface area contributed by atoms with E-state index in [0.717, 1.165) is 16.9 Å². The monoisotopic (exact) mass is 344 g/mol. The Hall–Kier alpha value is -2.34. The molecule has 0 N–H and O–H groups in total. The molecule has 6 heteroatoms. The lowest BCUT2D eigenvalue weighted by Gasteiger charge is -2.34. The predicted molar refractivity (Wildman–Crippen MR) is 93.0 cm³/mol. The lowest BCUT2D eigenvalue weighted by Crippen LogP contribution is -2.52. The molecule has 2 heterocycles. The summed E-state index contributed by atoms with van der Waals surface area (Å²) < 4.78 is 5.14. The van der Waals surface area contributed by atoms with Gasteiger partial charge in [0.25, 0.3) is 0 Å². The average molecular weight is 344 g/mol. The van der Waals surface area contributed by atoms with E-state index in [4.69, 9.17) is 4.74 Å². The Bertz CT molecular complexity index is 698. The summed E-state index contributed by atoms with van der Waals surface area (Å²) in [5.74, 6) is 0.815. The minimum Gasteiger partial charge on any atom is -0.497 e. The summed E-state index contributed by atoms with van der Waals surface area (Å²) in [5.41, 5.74) is 2.07. The molecule has 1 aliphatic rings. The van der Waals surface area contributed by atoms with E-state index in [1.54, 1.807) is 28.2 Å². The van der Waals surface area contributed by atoms with Gasteiger partial charge < -0.3 is 14.5 Å². The van der Waals surface area contributed by atoms with Crippen LogP contribution in [-0.2, 0) is 22.6 Å². The van der Waals surface area contributed by atoms with E-state index in [9.17, 15) is 9.59 Å². The van der Waals surface area contributed by atoms with Gasteiger partial charge in [-0.25, -0.2) is 0 Å². The minimum absolute atomic E-state index is 0.00395. The number of carbonyl (C=O) groups is 2. The van der Waals surface area contributed by atoms with Crippen LogP contribution in [0.3, 0.4) is 0 Å². The van der Waals surface area contributed by atoms with Crippen LogP contribution in [0.4, 0.5) is 0 Å². The number of nitrogens with zero attached hydrogens (tertiary/aromatic N) is 2. The average Bonchev–Trinajstić information content (AvgIpc) is 3.10. The number of thiophene rings is 1. The van der Waals surface area contributed by atoms with Gasteiger partial charge in [-0.05, 0) is 40.1 Å². The molecule has 0 spiro atoms. The van der Waals surface area contributed by atoms with Crippen molar-refractivity contribution >= 4 is 23.2 Å². The molecule has 3 rings (SSSR count). The van der Waals surface area contributed by atoms with Gasteiger partial charge in [-0.3, -0.25) is 9.59 Å². The van der Waals surface area contributed by atoms with Crippen LogP contribution in [0.5, 0.6) is 5.75 Å². The molecule has 5 nitrogen and oxygen atoms in total. The van der Waals surface area contributed by atoms with Gasteiger partial charge in [-0.1, -0.05) is 12.1 Å². The minimum atomic E-state index is -0.00395. The van der Waals surface area contributed by atoms with Crippen LogP contribution in [0.15, 0.2) is 41.1 Å². The zero-order chi connectivity index (χ0) is 16.9. The van der Waals surface area contributed by atoms with Gasteiger partial charge in [-0.2, -0.15) is 11.3 Å². The molecule has 0 saturated carbocycles. The Morgan fingerprint density at radius 2 is 1.96 bits per heavy atom. The highest BCUT2D eigenvalue weighted by Crippen LogP contribution is 2.15. The van der Waals surface area contributed by atoms with Crippen molar-refractivity contribution in [2.24, 2.45) is 0 Å². The number of hydrogen-bond donors (Lipinski definition) is 0. The van der Waals surface area contributed by atoms with Gasteiger partial charge in [0.1, 0.15) is 5.75 Å². The fourth-order valence-electron chi connectivity index (χ4n) is 2.72. The zero-order valence-corrected chi connectivity index (χ0v) is 14.4. The molecule has 1 aliphatic heterocycles. The van der Waals surface area contributed by atoms with Crippen LogP contribution in [0.2, 0.25) is 0 Å². The Morgan fingerprint density at radius 1 is 1.17 bits per heavy atom.